The highest BCUT2D eigenvalue weighted by molar-refractivity contribution is 5.86. The Morgan fingerprint density at radius 2 is 1.86 bits per heavy atom. The minimum Gasteiger partial charge on any atom is -0.362 e. The number of fused-ring (bicyclic) bond motifs is 1. The van der Waals surface area contributed by atoms with Crippen molar-refractivity contribution >= 4 is 16.6 Å². The smallest absolute Gasteiger partial charge is 0.144 e. The van der Waals surface area contributed by atoms with Crippen molar-refractivity contribution in [3.05, 3.63) is 71.9 Å². The van der Waals surface area contributed by atoms with E-state index in [4.69, 9.17) is 5.26 Å². The summed E-state index contributed by atoms with van der Waals surface area (Å²) in [7, 11) is 0. The third-order valence-electron chi connectivity index (χ3n) is 3.57. The van der Waals surface area contributed by atoms with Crippen molar-refractivity contribution < 1.29 is 0 Å². The minimum absolute atomic E-state index is 0.0677. The first-order valence-corrected chi connectivity index (χ1v) is 6.89. The molecule has 0 spiro atoms. The van der Waals surface area contributed by atoms with Gasteiger partial charge in [0.2, 0.25) is 0 Å². The number of aromatic nitrogens is 1. The van der Waals surface area contributed by atoms with Crippen LogP contribution in [0.1, 0.15) is 24.1 Å². The lowest BCUT2D eigenvalue weighted by atomic mass is 9.99. The zero-order valence-electron chi connectivity index (χ0n) is 11.7. The summed E-state index contributed by atoms with van der Waals surface area (Å²) < 4.78 is 0. The molecule has 3 nitrogen and oxygen atoms in total. The zero-order valence-corrected chi connectivity index (χ0v) is 11.7. The van der Waals surface area contributed by atoms with Crippen LogP contribution in [0.25, 0.3) is 10.8 Å². The van der Waals surface area contributed by atoms with Crippen molar-refractivity contribution in [3.8, 4) is 6.07 Å². The Morgan fingerprint density at radius 1 is 1.05 bits per heavy atom. The first kappa shape index (κ1) is 13.1. The van der Waals surface area contributed by atoms with E-state index < -0.39 is 0 Å². The van der Waals surface area contributed by atoms with E-state index in [1.165, 1.54) is 16.3 Å². The molecule has 0 saturated heterocycles. The van der Waals surface area contributed by atoms with Gasteiger partial charge in [-0.1, -0.05) is 42.5 Å². The Labute approximate surface area is 123 Å². The molecule has 1 atom stereocenters. The van der Waals surface area contributed by atoms with Crippen molar-refractivity contribution in [1.82, 2.24) is 4.98 Å². The summed E-state index contributed by atoms with van der Waals surface area (Å²) in [5, 5.41) is 14.9. The summed E-state index contributed by atoms with van der Waals surface area (Å²) in [6.07, 6.45) is 1.69. The lowest BCUT2D eigenvalue weighted by molar-refractivity contribution is 0.882. The summed E-state index contributed by atoms with van der Waals surface area (Å²) in [5.74, 6) is 0.625. The molecule has 3 rings (SSSR count). The summed E-state index contributed by atoms with van der Waals surface area (Å²) in [5.41, 5.74) is 1.76. The summed E-state index contributed by atoms with van der Waals surface area (Å²) in [4.78, 5) is 4.26. The molecule has 0 bridgehead atoms. The van der Waals surface area contributed by atoms with Crippen molar-refractivity contribution in [2.45, 2.75) is 13.0 Å². The topological polar surface area (TPSA) is 48.7 Å². The maximum Gasteiger partial charge on any atom is 0.144 e. The van der Waals surface area contributed by atoms with Gasteiger partial charge in [0.25, 0.3) is 0 Å². The first-order chi connectivity index (χ1) is 10.3. The number of nitrogens with zero attached hydrogens (tertiary/aromatic N) is 2. The Morgan fingerprint density at radius 3 is 2.71 bits per heavy atom. The molecule has 0 radical (unpaired) electrons. The van der Waals surface area contributed by atoms with Gasteiger partial charge in [-0.3, -0.25) is 0 Å². The molecule has 0 aliphatic heterocycles. The van der Waals surface area contributed by atoms with Gasteiger partial charge in [-0.2, -0.15) is 5.26 Å². The summed E-state index contributed by atoms with van der Waals surface area (Å²) >= 11 is 0. The molecular weight excluding hydrogens is 258 g/mol. The fraction of sp³-hybridized carbons (Fsp3) is 0.111. The molecule has 3 aromatic rings. The van der Waals surface area contributed by atoms with Gasteiger partial charge in [0.05, 0.1) is 11.6 Å². The van der Waals surface area contributed by atoms with Crippen LogP contribution in [0.5, 0.6) is 0 Å². The van der Waals surface area contributed by atoms with Gasteiger partial charge >= 0.3 is 0 Å². The number of anilines is 1. The Balaban J connectivity index is 1.98. The van der Waals surface area contributed by atoms with Gasteiger partial charge in [-0.15, -0.1) is 0 Å². The fourth-order valence-electron chi connectivity index (χ4n) is 2.52. The molecule has 21 heavy (non-hydrogen) atoms. The van der Waals surface area contributed by atoms with Gasteiger partial charge in [0, 0.05) is 6.20 Å². The molecule has 0 amide bonds. The maximum absolute atomic E-state index is 9.14. The third-order valence-corrected chi connectivity index (χ3v) is 3.57. The molecule has 1 aromatic heterocycles. The van der Waals surface area contributed by atoms with Crippen LogP contribution in [0.4, 0.5) is 5.82 Å². The molecule has 0 unspecified atom stereocenters. The Hall–Kier alpha value is -2.86. The number of nitrogens with one attached hydrogen (secondary N) is 1. The summed E-state index contributed by atoms with van der Waals surface area (Å²) in [6, 6.07) is 20.3. The van der Waals surface area contributed by atoms with E-state index in [0.717, 1.165) is 0 Å². The molecule has 0 aliphatic rings. The van der Waals surface area contributed by atoms with Crippen molar-refractivity contribution in [1.29, 1.82) is 5.26 Å². The number of pyridine rings is 1. The van der Waals surface area contributed by atoms with E-state index in [1.807, 2.05) is 12.1 Å². The monoisotopic (exact) mass is 273 g/mol. The lowest BCUT2D eigenvalue weighted by Gasteiger charge is -2.17. The fourth-order valence-corrected chi connectivity index (χ4v) is 2.52. The zero-order chi connectivity index (χ0) is 14.7. The third kappa shape index (κ3) is 2.56. The SMILES string of the molecule is C[C@@H](Nc1ncccc1C#N)c1cccc2ccccc12. The van der Waals surface area contributed by atoms with Crippen molar-refractivity contribution in [2.24, 2.45) is 0 Å². The number of hydrogen-bond donors (Lipinski definition) is 1. The molecular formula is C18H15N3. The Kier molecular flexibility index (Phi) is 3.53. The highest BCUT2D eigenvalue weighted by Gasteiger charge is 2.11. The van der Waals surface area contributed by atoms with Gasteiger partial charge in [0.15, 0.2) is 0 Å². The normalized spacial score (nSPS) is 11.8. The summed E-state index contributed by atoms with van der Waals surface area (Å²) in [6.45, 7) is 2.08. The molecule has 1 N–H and O–H groups in total. The first-order valence-electron chi connectivity index (χ1n) is 6.89. The quantitative estimate of drug-likeness (QED) is 0.774. The van der Waals surface area contributed by atoms with Crippen molar-refractivity contribution in [2.75, 3.05) is 5.32 Å². The van der Waals surface area contributed by atoms with E-state index in [1.54, 1.807) is 18.3 Å². The molecule has 1 heterocycles. The van der Waals surface area contributed by atoms with E-state index >= 15 is 0 Å². The van der Waals surface area contributed by atoms with E-state index in [-0.39, 0.29) is 6.04 Å². The lowest BCUT2D eigenvalue weighted by Crippen LogP contribution is -2.09. The Bertz CT molecular complexity index is 813. The molecule has 2 aromatic carbocycles. The second-order valence-electron chi connectivity index (χ2n) is 4.95. The molecule has 0 fully saturated rings. The van der Waals surface area contributed by atoms with Crippen LogP contribution in [0.3, 0.4) is 0 Å². The van der Waals surface area contributed by atoms with Crippen LogP contribution in [-0.4, -0.2) is 4.98 Å². The van der Waals surface area contributed by atoms with Crippen LogP contribution in [-0.2, 0) is 0 Å². The second-order valence-corrected chi connectivity index (χ2v) is 4.95. The van der Waals surface area contributed by atoms with Crippen LogP contribution >= 0.6 is 0 Å². The van der Waals surface area contributed by atoms with Crippen LogP contribution in [0.2, 0.25) is 0 Å². The van der Waals surface area contributed by atoms with Crippen LogP contribution in [0, 0.1) is 11.3 Å². The van der Waals surface area contributed by atoms with Gasteiger partial charge in [-0.25, -0.2) is 4.98 Å². The van der Waals surface area contributed by atoms with E-state index in [9.17, 15) is 0 Å². The van der Waals surface area contributed by atoms with Gasteiger partial charge < -0.3 is 5.32 Å². The highest BCUT2D eigenvalue weighted by Crippen LogP contribution is 2.27. The average Bonchev–Trinajstić information content (AvgIpc) is 2.54. The minimum atomic E-state index is 0.0677. The average molecular weight is 273 g/mol. The highest BCUT2D eigenvalue weighted by atomic mass is 15.0. The van der Waals surface area contributed by atoms with Crippen LogP contribution < -0.4 is 5.32 Å². The molecule has 0 saturated carbocycles. The number of benzene rings is 2. The second kappa shape index (κ2) is 5.64. The van der Waals surface area contributed by atoms with Gasteiger partial charge in [-0.05, 0) is 35.4 Å². The predicted molar refractivity (Wildman–Crippen MR) is 84.9 cm³/mol. The van der Waals surface area contributed by atoms with Crippen molar-refractivity contribution in [3.63, 3.8) is 0 Å². The largest absolute Gasteiger partial charge is 0.362 e. The van der Waals surface area contributed by atoms with Gasteiger partial charge in [0.1, 0.15) is 11.9 Å². The van der Waals surface area contributed by atoms with E-state index in [0.29, 0.717) is 11.4 Å². The number of hydrogen-bond acceptors (Lipinski definition) is 3. The standard InChI is InChI=1S/C18H15N3/c1-13(21-18-15(12-19)8-5-11-20-18)16-10-4-7-14-6-2-3-9-17(14)16/h2-11,13H,1H3,(H,20,21)/t13-/m1/s1. The molecule has 102 valence electrons. The molecule has 0 aliphatic carbocycles. The predicted octanol–water partition coefficient (Wildman–Crippen LogP) is 4.28. The number of nitriles is 1. The number of rotatable bonds is 3. The van der Waals surface area contributed by atoms with Crippen LogP contribution in [0.15, 0.2) is 60.8 Å². The molecule has 3 heteroatoms. The maximum atomic E-state index is 9.14. The van der Waals surface area contributed by atoms with E-state index in [2.05, 4.69) is 53.6 Å².